The molecule has 0 saturated carbocycles. The zero-order chi connectivity index (χ0) is 12.4. The lowest BCUT2D eigenvalue weighted by atomic mass is 10.3. The highest BCUT2D eigenvalue weighted by molar-refractivity contribution is 7.84. The van der Waals surface area contributed by atoms with Gasteiger partial charge in [-0.3, -0.25) is 4.21 Å². The number of halogens is 1. The Hall–Kier alpha value is -1.07. The molecule has 1 unspecified atom stereocenters. The molecule has 1 aromatic carbocycles. The molecule has 0 saturated heterocycles. The van der Waals surface area contributed by atoms with Crippen molar-refractivity contribution < 1.29 is 4.21 Å². The highest BCUT2D eigenvalue weighted by Crippen LogP contribution is 2.25. The topological polar surface area (TPSA) is 60.9 Å². The second-order valence-corrected chi connectivity index (χ2v) is 5.82. The van der Waals surface area contributed by atoms with Gasteiger partial charge in [0.2, 0.25) is 5.95 Å². The number of para-hydroxylation sites is 1. The molecule has 4 nitrogen and oxygen atoms in total. The van der Waals surface area contributed by atoms with Crippen LogP contribution in [0.5, 0.6) is 0 Å². The molecule has 0 fully saturated rings. The summed E-state index contributed by atoms with van der Waals surface area (Å²) in [4.78, 5) is 4.25. The molecule has 0 spiro atoms. The van der Waals surface area contributed by atoms with Crippen molar-refractivity contribution in [2.45, 2.75) is 13.0 Å². The quantitative estimate of drug-likeness (QED) is 0.926. The minimum Gasteiger partial charge on any atom is -0.369 e. The molecule has 17 heavy (non-hydrogen) atoms. The van der Waals surface area contributed by atoms with E-state index in [2.05, 4.69) is 4.98 Å². The Labute approximate surface area is 107 Å². The van der Waals surface area contributed by atoms with Crippen LogP contribution in [0.25, 0.3) is 11.0 Å². The van der Waals surface area contributed by atoms with Crippen LogP contribution >= 0.6 is 11.6 Å². The molecule has 0 radical (unpaired) electrons. The molecular formula is C11H14ClN3OS. The molecule has 1 aromatic heterocycles. The normalized spacial score (nSPS) is 13.1. The number of fused-ring (bicyclic) bond motifs is 1. The van der Waals surface area contributed by atoms with E-state index in [0.29, 0.717) is 23.3 Å². The van der Waals surface area contributed by atoms with Crippen LogP contribution in [0.15, 0.2) is 18.2 Å². The van der Waals surface area contributed by atoms with E-state index in [1.165, 1.54) is 0 Å². The van der Waals surface area contributed by atoms with E-state index < -0.39 is 10.8 Å². The highest BCUT2D eigenvalue weighted by atomic mass is 35.5. The molecule has 0 aliphatic carbocycles. The number of nitrogens with two attached hydrogens (primary N) is 1. The van der Waals surface area contributed by atoms with Gasteiger partial charge in [-0.25, -0.2) is 4.98 Å². The Kier molecular flexibility index (Phi) is 3.69. The standard InChI is InChI=1S/C11H14ClN3OS/c1-17(16)7-3-6-15-10-8(12)4-2-5-9(10)14-11(15)13/h2,4-5H,3,6-7H2,1H3,(H2,13,14). The molecule has 92 valence electrons. The van der Waals surface area contributed by atoms with Gasteiger partial charge >= 0.3 is 0 Å². The molecule has 2 N–H and O–H groups in total. The van der Waals surface area contributed by atoms with Crippen molar-refractivity contribution in [2.75, 3.05) is 17.7 Å². The Morgan fingerprint density at radius 3 is 3.00 bits per heavy atom. The maximum atomic E-state index is 11.0. The van der Waals surface area contributed by atoms with E-state index in [4.69, 9.17) is 17.3 Å². The molecule has 1 heterocycles. The average Bonchev–Trinajstić information content (AvgIpc) is 2.56. The van der Waals surface area contributed by atoms with Crippen molar-refractivity contribution >= 4 is 39.4 Å². The van der Waals surface area contributed by atoms with Crippen LogP contribution in [-0.2, 0) is 17.3 Å². The predicted molar refractivity (Wildman–Crippen MR) is 72.7 cm³/mol. The average molecular weight is 272 g/mol. The summed E-state index contributed by atoms with van der Waals surface area (Å²) in [6.45, 7) is 0.686. The van der Waals surface area contributed by atoms with Crippen molar-refractivity contribution in [1.82, 2.24) is 9.55 Å². The number of imidazole rings is 1. The van der Waals surface area contributed by atoms with Crippen molar-refractivity contribution in [3.8, 4) is 0 Å². The zero-order valence-electron chi connectivity index (χ0n) is 9.52. The van der Waals surface area contributed by atoms with Crippen molar-refractivity contribution in [2.24, 2.45) is 0 Å². The monoisotopic (exact) mass is 271 g/mol. The third-order valence-electron chi connectivity index (χ3n) is 2.56. The smallest absolute Gasteiger partial charge is 0.201 e. The lowest BCUT2D eigenvalue weighted by Crippen LogP contribution is -2.06. The lowest BCUT2D eigenvalue weighted by Gasteiger charge is -2.06. The summed E-state index contributed by atoms with van der Waals surface area (Å²) in [6.07, 6.45) is 2.49. The maximum Gasteiger partial charge on any atom is 0.201 e. The van der Waals surface area contributed by atoms with Crippen LogP contribution in [0.3, 0.4) is 0 Å². The van der Waals surface area contributed by atoms with E-state index in [-0.39, 0.29) is 0 Å². The third-order valence-corrected chi connectivity index (χ3v) is 3.73. The van der Waals surface area contributed by atoms with Gasteiger partial charge in [-0.2, -0.15) is 0 Å². The SMILES string of the molecule is CS(=O)CCCn1c(N)nc2cccc(Cl)c21. The minimum absolute atomic E-state index is 0.454. The molecule has 0 bridgehead atoms. The molecule has 0 aliphatic rings. The van der Waals surface area contributed by atoms with Crippen molar-refractivity contribution in [1.29, 1.82) is 0 Å². The van der Waals surface area contributed by atoms with Crippen LogP contribution in [0.2, 0.25) is 5.02 Å². The summed E-state index contributed by atoms with van der Waals surface area (Å²) < 4.78 is 12.9. The van der Waals surface area contributed by atoms with E-state index in [9.17, 15) is 4.21 Å². The van der Waals surface area contributed by atoms with Gasteiger partial charge in [0.25, 0.3) is 0 Å². The van der Waals surface area contributed by atoms with Crippen LogP contribution < -0.4 is 5.73 Å². The van der Waals surface area contributed by atoms with E-state index in [1.807, 2.05) is 22.8 Å². The first-order valence-corrected chi connectivity index (χ1v) is 7.40. The fourth-order valence-corrected chi connectivity index (χ4v) is 2.62. The molecule has 0 aliphatic heterocycles. The number of rotatable bonds is 4. The number of nitrogens with zero attached hydrogens (tertiary/aromatic N) is 2. The fraction of sp³-hybridized carbons (Fsp3) is 0.364. The highest BCUT2D eigenvalue weighted by Gasteiger charge is 2.10. The summed E-state index contributed by atoms with van der Waals surface area (Å²) in [5.41, 5.74) is 7.51. The van der Waals surface area contributed by atoms with Crippen LogP contribution in [0.1, 0.15) is 6.42 Å². The van der Waals surface area contributed by atoms with Crippen LogP contribution in [0, 0.1) is 0 Å². The van der Waals surface area contributed by atoms with Gasteiger partial charge in [0, 0.05) is 29.4 Å². The summed E-state index contributed by atoms with van der Waals surface area (Å²) in [6, 6.07) is 5.55. The largest absolute Gasteiger partial charge is 0.369 e. The third kappa shape index (κ3) is 2.61. The Bertz CT molecular complexity index is 567. The number of anilines is 1. The fourth-order valence-electron chi connectivity index (χ4n) is 1.81. The zero-order valence-corrected chi connectivity index (χ0v) is 11.1. The Morgan fingerprint density at radius 1 is 1.53 bits per heavy atom. The summed E-state index contributed by atoms with van der Waals surface area (Å²) in [5, 5.41) is 0.643. The Balaban J connectivity index is 2.32. The number of aromatic nitrogens is 2. The first-order valence-electron chi connectivity index (χ1n) is 5.30. The van der Waals surface area contributed by atoms with Gasteiger partial charge in [0.1, 0.15) is 0 Å². The van der Waals surface area contributed by atoms with Crippen LogP contribution in [-0.4, -0.2) is 25.8 Å². The first kappa shape index (κ1) is 12.4. The van der Waals surface area contributed by atoms with Crippen molar-refractivity contribution in [3.63, 3.8) is 0 Å². The van der Waals surface area contributed by atoms with Gasteiger partial charge in [-0.05, 0) is 18.6 Å². The molecular weight excluding hydrogens is 258 g/mol. The molecule has 2 aromatic rings. The van der Waals surface area contributed by atoms with Crippen molar-refractivity contribution in [3.05, 3.63) is 23.2 Å². The molecule has 0 amide bonds. The van der Waals surface area contributed by atoms with E-state index >= 15 is 0 Å². The van der Waals surface area contributed by atoms with Gasteiger partial charge in [-0.1, -0.05) is 17.7 Å². The summed E-state index contributed by atoms with van der Waals surface area (Å²) in [7, 11) is -0.780. The van der Waals surface area contributed by atoms with E-state index in [1.54, 1.807) is 6.26 Å². The maximum absolute atomic E-state index is 11.0. The molecule has 6 heteroatoms. The first-order chi connectivity index (χ1) is 8.09. The summed E-state index contributed by atoms with van der Waals surface area (Å²) >= 11 is 6.14. The lowest BCUT2D eigenvalue weighted by molar-refractivity contribution is 0.671. The molecule has 2 rings (SSSR count). The minimum atomic E-state index is -0.780. The molecule has 1 atom stereocenters. The number of hydrogen-bond acceptors (Lipinski definition) is 3. The van der Waals surface area contributed by atoms with Gasteiger partial charge in [-0.15, -0.1) is 0 Å². The van der Waals surface area contributed by atoms with Gasteiger partial charge in [0.05, 0.1) is 16.1 Å². The second kappa shape index (κ2) is 5.06. The van der Waals surface area contributed by atoms with Gasteiger partial charge < -0.3 is 10.3 Å². The number of aryl methyl sites for hydroxylation is 1. The number of benzene rings is 1. The van der Waals surface area contributed by atoms with E-state index in [0.717, 1.165) is 17.5 Å². The number of nitrogen functional groups attached to an aromatic ring is 1. The van der Waals surface area contributed by atoms with Gasteiger partial charge in [0.15, 0.2) is 0 Å². The van der Waals surface area contributed by atoms with Crippen LogP contribution in [0.4, 0.5) is 5.95 Å². The Morgan fingerprint density at radius 2 is 2.29 bits per heavy atom. The summed E-state index contributed by atoms with van der Waals surface area (Å²) in [5.74, 6) is 1.11. The number of hydrogen-bond donors (Lipinski definition) is 1. The second-order valence-electron chi connectivity index (χ2n) is 3.86. The predicted octanol–water partition coefficient (Wildman–Crippen LogP) is 2.04.